The molecule has 1 aliphatic heterocycles. The van der Waals surface area contributed by atoms with Crippen molar-refractivity contribution in [1.29, 1.82) is 5.26 Å². The second-order valence-electron chi connectivity index (χ2n) is 7.56. The van der Waals surface area contributed by atoms with Crippen LogP contribution in [0.25, 0.3) is 0 Å². The van der Waals surface area contributed by atoms with Gasteiger partial charge < -0.3 is 15.2 Å². The highest BCUT2D eigenvalue weighted by Gasteiger charge is 2.56. The largest absolute Gasteiger partial charge is 0.483 e. The lowest BCUT2D eigenvalue weighted by Gasteiger charge is -2.51. The van der Waals surface area contributed by atoms with E-state index in [1.54, 1.807) is 49.1 Å². The van der Waals surface area contributed by atoms with Crippen LogP contribution in [-0.2, 0) is 6.42 Å². The summed E-state index contributed by atoms with van der Waals surface area (Å²) in [5.41, 5.74) is -0.358. The Morgan fingerprint density at radius 3 is 2.66 bits per heavy atom. The first-order chi connectivity index (χ1) is 13.9. The van der Waals surface area contributed by atoms with Crippen LogP contribution < -0.4 is 10.1 Å². The van der Waals surface area contributed by atoms with Gasteiger partial charge in [0.15, 0.2) is 11.3 Å². The first-order valence-electron chi connectivity index (χ1n) is 9.32. The normalized spacial score (nSPS) is 22.1. The van der Waals surface area contributed by atoms with Crippen LogP contribution in [0.15, 0.2) is 61.2 Å². The first kappa shape index (κ1) is 18.8. The summed E-state index contributed by atoms with van der Waals surface area (Å²) in [5.74, 6) is 0.494. The fraction of sp³-hybridized carbons (Fsp3) is 0.273. The summed E-state index contributed by atoms with van der Waals surface area (Å²) in [5, 5.41) is 24.4. The molecule has 2 aromatic heterocycles. The second kappa shape index (κ2) is 7.15. The molecular formula is C22H21N5O2. The molecule has 0 unspecified atom stereocenters. The molecule has 0 spiro atoms. The van der Waals surface area contributed by atoms with Gasteiger partial charge in [-0.15, -0.1) is 0 Å². The minimum absolute atomic E-state index is 0.294. The third kappa shape index (κ3) is 3.39. The molecule has 0 fully saturated rings. The number of nitrogens with zero attached hydrogens (tertiary/aromatic N) is 4. The number of aliphatic hydroxyl groups is 1. The highest BCUT2D eigenvalue weighted by Crippen LogP contribution is 2.49. The van der Waals surface area contributed by atoms with Crippen molar-refractivity contribution in [1.82, 2.24) is 15.0 Å². The zero-order chi connectivity index (χ0) is 20.5. The minimum Gasteiger partial charge on any atom is -0.483 e. The molecule has 3 heterocycles. The predicted molar refractivity (Wildman–Crippen MR) is 107 cm³/mol. The molecule has 4 rings (SSSR count). The van der Waals surface area contributed by atoms with Gasteiger partial charge >= 0.3 is 0 Å². The Hall–Kier alpha value is -3.50. The van der Waals surface area contributed by atoms with Crippen LogP contribution in [0.4, 0.5) is 5.95 Å². The minimum atomic E-state index is -1.55. The molecule has 0 bridgehead atoms. The molecule has 146 valence electrons. The van der Waals surface area contributed by atoms with Crippen LogP contribution >= 0.6 is 0 Å². The summed E-state index contributed by atoms with van der Waals surface area (Å²) in [6.45, 7) is 3.64. The van der Waals surface area contributed by atoms with Gasteiger partial charge in [0, 0.05) is 36.3 Å². The van der Waals surface area contributed by atoms with Gasteiger partial charge in [-0.2, -0.15) is 5.26 Å². The van der Waals surface area contributed by atoms with Crippen molar-refractivity contribution < 1.29 is 9.84 Å². The number of hydrogen-bond donors (Lipinski definition) is 2. The quantitative estimate of drug-likeness (QED) is 0.663. The molecule has 29 heavy (non-hydrogen) atoms. The molecular weight excluding hydrogens is 366 g/mol. The lowest BCUT2D eigenvalue weighted by Crippen LogP contribution is -2.65. The fourth-order valence-electron chi connectivity index (χ4n) is 3.76. The average Bonchev–Trinajstić information content (AvgIpc) is 2.73. The zero-order valence-corrected chi connectivity index (χ0v) is 16.2. The molecule has 7 heteroatoms. The SMILES string of the molecule is CC1(C)Oc2ccc(C#N)cc2[C@H](Cc2cccnc2)[C@]1(O)Nc1ncccn1. The maximum atomic E-state index is 12.0. The van der Waals surface area contributed by atoms with Gasteiger partial charge in [0.1, 0.15) is 5.75 Å². The Bertz CT molecular complexity index is 1050. The van der Waals surface area contributed by atoms with Crippen LogP contribution in [0, 0.1) is 11.3 Å². The highest BCUT2D eigenvalue weighted by atomic mass is 16.5. The van der Waals surface area contributed by atoms with Gasteiger partial charge in [-0.1, -0.05) is 6.07 Å². The number of nitriles is 1. The van der Waals surface area contributed by atoms with Crippen LogP contribution in [0.5, 0.6) is 5.75 Å². The highest BCUT2D eigenvalue weighted by molar-refractivity contribution is 5.50. The molecule has 0 saturated carbocycles. The molecule has 1 aliphatic rings. The molecule has 1 aromatic carbocycles. The van der Waals surface area contributed by atoms with E-state index in [0.29, 0.717) is 23.7 Å². The van der Waals surface area contributed by atoms with E-state index in [1.807, 2.05) is 26.0 Å². The molecule has 0 saturated heterocycles. The summed E-state index contributed by atoms with van der Waals surface area (Å²) in [6.07, 6.45) is 7.18. The number of aromatic nitrogens is 3. The summed E-state index contributed by atoms with van der Waals surface area (Å²) in [6, 6.07) is 13.0. The number of rotatable bonds is 4. The third-order valence-electron chi connectivity index (χ3n) is 5.33. The fourth-order valence-corrected chi connectivity index (χ4v) is 3.76. The number of benzene rings is 1. The van der Waals surface area contributed by atoms with E-state index in [1.165, 1.54) is 0 Å². The van der Waals surface area contributed by atoms with E-state index in [0.717, 1.165) is 11.1 Å². The summed E-state index contributed by atoms with van der Waals surface area (Å²) >= 11 is 0. The van der Waals surface area contributed by atoms with Crippen LogP contribution in [0.1, 0.15) is 36.5 Å². The van der Waals surface area contributed by atoms with Gasteiger partial charge in [-0.3, -0.25) is 4.98 Å². The van der Waals surface area contributed by atoms with E-state index in [4.69, 9.17) is 4.74 Å². The molecule has 2 N–H and O–H groups in total. The van der Waals surface area contributed by atoms with Crippen molar-refractivity contribution in [2.45, 2.75) is 37.5 Å². The third-order valence-corrected chi connectivity index (χ3v) is 5.33. The second-order valence-corrected chi connectivity index (χ2v) is 7.56. The van der Waals surface area contributed by atoms with Gasteiger partial charge in [0.05, 0.1) is 11.6 Å². The maximum Gasteiger partial charge on any atom is 0.224 e. The molecule has 0 amide bonds. The lowest BCUT2D eigenvalue weighted by atomic mass is 9.73. The Labute approximate surface area is 169 Å². The van der Waals surface area contributed by atoms with E-state index in [-0.39, 0.29) is 0 Å². The molecule has 7 nitrogen and oxygen atoms in total. The number of hydrogen-bond acceptors (Lipinski definition) is 7. The van der Waals surface area contributed by atoms with Crippen molar-refractivity contribution in [3.05, 3.63) is 77.9 Å². The standard InChI is InChI=1S/C22H21N5O2/c1-21(2)22(28,27-20-25-9-4-10-26-20)18(12-16-5-3-8-24-14-16)17-11-15(13-23)6-7-19(17)29-21/h3-11,14,18,28H,12H2,1-2H3,(H,25,26,27)/t18-,22+/m0/s1. The van der Waals surface area contributed by atoms with Gasteiger partial charge in [-0.05, 0) is 56.2 Å². The van der Waals surface area contributed by atoms with E-state index >= 15 is 0 Å². The van der Waals surface area contributed by atoms with E-state index in [9.17, 15) is 10.4 Å². The number of anilines is 1. The topological polar surface area (TPSA) is 104 Å². The van der Waals surface area contributed by atoms with Crippen molar-refractivity contribution in [3.63, 3.8) is 0 Å². The molecule has 0 radical (unpaired) electrons. The van der Waals surface area contributed by atoms with Gasteiger partial charge in [0.25, 0.3) is 0 Å². The molecule has 3 aromatic rings. The Kier molecular flexibility index (Phi) is 4.65. The monoisotopic (exact) mass is 387 g/mol. The Morgan fingerprint density at radius 2 is 1.97 bits per heavy atom. The molecule has 0 aliphatic carbocycles. The van der Waals surface area contributed by atoms with Gasteiger partial charge in [0.2, 0.25) is 5.95 Å². The number of nitrogens with one attached hydrogen (secondary N) is 1. The summed E-state index contributed by atoms with van der Waals surface area (Å²) in [4.78, 5) is 12.6. The van der Waals surface area contributed by atoms with Crippen molar-refractivity contribution in [2.24, 2.45) is 0 Å². The Morgan fingerprint density at radius 1 is 1.17 bits per heavy atom. The maximum absolute atomic E-state index is 12.0. The van der Waals surface area contributed by atoms with Crippen LogP contribution in [0.2, 0.25) is 0 Å². The smallest absolute Gasteiger partial charge is 0.224 e. The zero-order valence-electron chi connectivity index (χ0n) is 16.2. The Balaban J connectivity index is 1.86. The number of ether oxygens (including phenoxy) is 1. The van der Waals surface area contributed by atoms with Crippen LogP contribution in [0.3, 0.4) is 0 Å². The lowest BCUT2D eigenvalue weighted by molar-refractivity contribution is -0.127. The van der Waals surface area contributed by atoms with E-state index < -0.39 is 17.2 Å². The first-order valence-corrected chi connectivity index (χ1v) is 9.32. The number of pyridine rings is 1. The summed E-state index contributed by atoms with van der Waals surface area (Å²) in [7, 11) is 0. The number of fused-ring (bicyclic) bond motifs is 1. The molecule has 2 atom stereocenters. The van der Waals surface area contributed by atoms with Crippen molar-refractivity contribution >= 4 is 5.95 Å². The summed E-state index contributed by atoms with van der Waals surface area (Å²) < 4.78 is 6.18. The van der Waals surface area contributed by atoms with Crippen molar-refractivity contribution in [2.75, 3.05) is 5.32 Å². The van der Waals surface area contributed by atoms with E-state index in [2.05, 4.69) is 26.3 Å². The average molecular weight is 387 g/mol. The van der Waals surface area contributed by atoms with Gasteiger partial charge in [-0.25, -0.2) is 9.97 Å². The predicted octanol–water partition coefficient (Wildman–Crippen LogP) is 3.04. The van der Waals surface area contributed by atoms with Crippen LogP contribution in [-0.4, -0.2) is 31.4 Å². The van der Waals surface area contributed by atoms with Crippen molar-refractivity contribution in [3.8, 4) is 11.8 Å².